The highest BCUT2D eigenvalue weighted by atomic mass is 79.9. The van der Waals surface area contributed by atoms with Crippen molar-refractivity contribution in [3.8, 4) is 0 Å². The Labute approximate surface area is 110 Å². The summed E-state index contributed by atoms with van der Waals surface area (Å²) in [5.74, 6) is 0. The molecule has 0 aromatic heterocycles. The SMILES string of the molecule is NC1CCCC(Nc2ccc(Cl)c(Br)c2)C1. The molecule has 2 nitrogen and oxygen atoms in total. The van der Waals surface area contributed by atoms with Gasteiger partial charge in [0.2, 0.25) is 0 Å². The molecule has 0 bridgehead atoms. The van der Waals surface area contributed by atoms with Gasteiger partial charge in [0.15, 0.2) is 0 Å². The van der Waals surface area contributed by atoms with Crippen molar-refractivity contribution in [1.29, 1.82) is 0 Å². The maximum atomic E-state index is 5.96. The van der Waals surface area contributed by atoms with Crippen molar-refractivity contribution in [2.24, 2.45) is 5.73 Å². The lowest BCUT2D eigenvalue weighted by Gasteiger charge is -2.28. The number of nitrogens with two attached hydrogens (primary N) is 1. The Morgan fingerprint density at radius 1 is 1.38 bits per heavy atom. The van der Waals surface area contributed by atoms with Gasteiger partial charge in [-0.15, -0.1) is 0 Å². The van der Waals surface area contributed by atoms with Crippen molar-refractivity contribution < 1.29 is 0 Å². The van der Waals surface area contributed by atoms with Crippen molar-refractivity contribution in [2.45, 2.75) is 37.8 Å². The van der Waals surface area contributed by atoms with E-state index in [1.54, 1.807) is 0 Å². The van der Waals surface area contributed by atoms with Crippen molar-refractivity contribution in [2.75, 3.05) is 5.32 Å². The Kier molecular flexibility index (Phi) is 4.11. The van der Waals surface area contributed by atoms with Crippen LogP contribution >= 0.6 is 27.5 Å². The van der Waals surface area contributed by atoms with Crippen molar-refractivity contribution in [1.82, 2.24) is 0 Å². The first-order chi connectivity index (χ1) is 7.65. The number of anilines is 1. The number of benzene rings is 1. The van der Waals surface area contributed by atoms with Crippen LogP contribution < -0.4 is 11.1 Å². The van der Waals surface area contributed by atoms with Crippen LogP contribution in [-0.2, 0) is 0 Å². The van der Waals surface area contributed by atoms with E-state index >= 15 is 0 Å². The molecule has 1 saturated carbocycles. The van der Waals surface area contributed by atoms with Crippen LogP contribution in [0.2, 0.25) is 5.02 Å². The van der Waals surface area contributed by atoms with Crippen molar-refractivity contribution in [3.05, 3.63) is 27.7 Å². The van der Waals surface area contributed by atoms with Crippen LogP contribution in [0.15, 0.2) is 22.7 Å². The Balaban J connectivity index is 2.00. The fourth-order valence-electron chi connectivity index (χ4n) is 2.18. The van der Waals surface area contributed by atoms with Crippen LogP contribution in [0.1, 0.15) is 25.7 Å². The summed E-state index contributed by atoms with van der Waals surface area (Å²) in [5.41, 5.74) is 7.07. The van der Waals surface area contributed by atoms with Gasteiger partial charge in [0.25, 0.3) is 0 Å². The second kappa shape index (κ2) is 5.39. The molecule has 3 N–H and O–H groups in total. The van der Waals surface area contributed by atoms with E-state index in [0.717, 1.165) is 28.0 Å². The second-order valence-corrected chi connectivity index (χ2v) is 5.66. The molecule has 88 valence electrons. The summed E-state index contributed by atoms with van der Waals surface area (Å²) in [6.07, 6.45) is 4.63. The Hall–Kier alpha value is -0.250. The van der Waals surface area contributed by atoms with Gasteiger partial charge in [-0.2, -0.15) is 0 Å². The largest absolute Gasteiger partial charge is 0.382 e. The Morgan fingerprint density at radius 3 is 2.88 bits per heavy atom. The van der Waals surface area contributed by atoms with Gasteiger partial charge < -0.3 is 11.1 Å². The minimum Gasteiger partial charge on any atom is -0.382 e. The molecule has 0 radical (unpaired) electrons. The first kappa shape index (κ1) is 12.2. The smallest absolute Gasteiger partial charge is 0.0549 e. The van der Waals surface area contributed by atoms with Gasteiger partial charge in [0.05, 0.1) is 5.02 Å². The highest BCUT2D eigenvalue weighted by Crippen LogP contribution is 2.27. The van der Waals surface area contributed by atoms with E-state index in [-0.39, 0.29) is 0 Å². The number of hydrogen-bond acceptors (Lipinski definition) is 2. The Bertz CT molecular complexity index is 370. The average molecular weight is 304 g/mol. The van der Waals surface area contributed by atoms with Gasteiger partial charge in [0, 0.05) is 22.2 Å². The molecule has 1 aliphatic rings. The quantitative estimate of drug-likeness (QED) is 0.872. The molecule has 2 rings (SSSR count). The summed E-state index contributed by atoms with van der Waals surface area (Å²) in [6.45, 7) is 0. The highest BCUT2D eigenvalue weighted by Gasteiger charge is 2.18. The van der Waals surface area contributed by atoms with Gasteiger partial charge >= 0.3 is 0 Å². The summed E-state index contributed by atoms with van der Waals surface area (Å²) in [4.78, 5) is 0. The van der Waals surface area contributed by atoms with Gasteiger partial charge in [-0.1, -0.05) is 11.6 Å². The van der Waals surface area contributed by atoms with Gasteiger partial charge in [-0.05, 0) is 59.8 Å². The molecule has 2 atom stereocenters. The molecule has 1 aliphatic carbocycles. The lowest BCUT2D eigenvalue weighted by Crippen LogP contribution is -2.34. The van der Waals surface area contributed by atoms with Gasteiger partial charge in [-0.3, -0.25) is 0 Å². The average Bonchev–Trinajstić information content (AvgIpc) is 2.24. The monoisotopic (exact) mass is 302 g/mol. The molecule has 1 aromatic carbocycles. The zero-order valence-corrected chi connectivity index (χ0v) is 11.4. The van der Waals surface area contributed by atoms with Crippen LogP contribution in [0.3, 0.4) is 0 Å². The van der Waals surface area contributed by atoms with E-state index < -0.39 is 0 Å². The predicted molar refractivity (Wildman–Crippen MR) is 73.0 cm³/mol. The van der Waals surface area contributed by atoms with Crippen molar-refractivity contribution in [3.63, 3.8) is 0 Å². The lowest BCUT2D eigenvalue weighted by molar-refractivity contribution is 0.409. The summed E-state index contributed by atoms with van der Waals surface area (Å²) >= 11 is 9.38. The second-order valence-electron chi connectivity index (χ2n) is 4.40. The molecule has 0 aliphatic heterocycles. The predicted octanol–water partition coefficient (Wildman–Crippen LogP) is 3.78. The fourth-order valence-corrected chi connectivity index (χ4v) is 2.68. The number of halogens is 2. The molecule has 0 heterocycles. The van der Waals surface area contributed by atoms with E-state index in [9.17, 15) is 0 Å². The molecule has 0 saturated heterocycles. The van der Waals surface area contributed by atoms with Crippen LogP contribution in [0.25, 0.3) is 0 Å². The normalized spacial score (nSPS) is 25.4. The van der Waals surface area contributed by atoms with Gasteiger partial charge in [0.1, 0.15) is 0 Å². The number of rotatable bonds is 2. The van der Waals surface area contributed by atoms with Crippen LogP contribution in [-0.4, -0.2) is 12.1 Å². The van der Waals surface area contributed by atoms with E-state index in [2.05, 4.69) is 21.2 Å². The zero-order valence-electron chi connectivity index (χ0n) is 9.05. The van der Waals surface area contributed by atoms with E-state index in [4.69, 9.17) is 17.3 Å². The topological polar surface area (TPSA) is 38.0 Å². The standard InChI is InChI=1S/C12H16BrClN2/c13-11-7-10(4-5-12(11)14)16-9-3-1-2-8(15)6-9/h4-5,7-9,16H,1-3,6,15H2. The van der Waals surface area contributed by atoms with Crippen molar-refractivity contribution >= 4 is 33.2 Å². The maximum Gasteiger partial charge on any atom is 0.0549 e. The van der Waals surface area contributed by atoms with Crippen LogP contribution in [0.4, 0.5) is 5.69 Å². The maximum absolute atomic E-state index is 5.96. The minimum absolute atomic E-state index is 0.349. The summed E-state index contributed by atoms with van der Waals surface area (Å²) in [7, 11) is 0. The first-order valence-corrected chi connectivity index (χ1v) is 6.79. The lowest BCUT2D eigenvalue weighted by atomic mass is 9.91. The molecule has 4 heteroatoms. The zero-order chi connectivity index (χ0) is 11.5. The fraction of sp³-hybridized carbons (Fsp3) is 0.500. The third kappa shape index (κ3) is 3.12. The number of hydrogen-bond donors (Lipinski definition) is 2. The number of nitrogens with one attached hydrogen (secondary N) is 1. The Morgan fingerprint density at radius 2 is 2.19 bits per heavy atom. The van der Waals surface area contributed by atoms with Crippen LogP contribution in [0, 0.1) is 0 Å². The molecule has 0 spiro atoms. The van der Waals surface area contributed by atoms with Crippen LogP contribution in [0.5, 0.6) is 0 Å². The van der Waals surface area contributed by atoms with E-state index in [1.807, 2.05) is 18.2 Å². The molecule has 0 amide bonds. The first-order valence-electron chi connectivity index (χ1n) is 5.62. The molecule has 16 heavy (non-hydrogen) atoms. The molecule has 1 fully saturated rings. The van der Waals surface area contributed by atoms with E-state index in [0.29, 0.717) is 12.1 Å². The third-order valence-corrected chi connectivity index (χ3v) is 4.22. The summed E-state index contributed by atoms with van der Waals surface area (Å²) in [5, 5.41) is 4.25. The minimum atomic E-state index is 0.349. The molecule has 1 aromatic rings. The molecular formula is C12H16BrClN2. The molecular weight excluding hydrogens is 288 g/mol. The third-order valence-electron chi connectivity index (χ3n) is 3.01. The van der Waals surface area contributed by atoms with E-state index in [1.165, 1.54) is 12.8 Å². The van der Waals surface area contributed by atoms with Gasteiger partial charge in [-0.25, -0.2) is 0 Å². The highest BCUT2D eigenvalue weighted by molar-refractivity contribution is 9.10. The summed E-state index contributed by atoms with van der Waals surface area (Å²) < 4.78 is 0.930. The summed E-state index contributed by atoms with van der Waals surface area (Å²) in [6, 6.07) is 6.77. The molecule has 2 unspecified atom stereocenters.